The largest absolute Gasteiger partial charge is 0.387 e. The Hall–Kier alpha value is -2.43. The van der Waals surface area contributed by atoms with E-state index in [1.54, 1.807) is 12.5 Å². The first kappa shape index (κ1) is 15.5. The van der Waals surface area contributed by atoms with E-state index in [2.05, 4.69) is 34.6 Å². The number of benzene rings is 2. The third kappa shape index (κ3) is 4.06. The molecule has 0 aliphatic rings. The first-order valence-corrected chi connectivity index (χ1v) is 7.75. The van der Waals surface area contributed by atoms with Gasteiger partial charge in [-0.05, 0) is 30.2 Å². The number of imidazole rings is 1. The average Bonchev–Trinajstić information content (AvgIpc) is 3.10. The minimum atomic E-state index is -0.486. The van der Waals surface area contributed by atoms with Crippen LogP contribution in [0.2, 0.25) is 0 Å². The van der Waals surface area contributed by atoms with Crippen molar-refractivity contribution in [2.75, 3.05) is 6.54 Å². The van der Waals surface area contributed by atoms with Crippen LogP contribution in [0.1, 0.15) is 22.8 Å². The standard InChI is InChI=1S/C19H21N3O/c1-15-3-2-4-17(11-15)19(23)13-21-12-16-5-7-18(8-6-16)22-10-9-20-14-22/h2-11,14,19,21,23H,12-13H2,1H3. The van der Waals surface area contributed by atoms with E-state index in [1.165, 1.54) is 5.56 Å². The highest BCUT2D eigenvalue weighted by Crippen LogP contribution is 2.14. The van der Waals surface area contributed by atoms with Crippen molar-refractivity contribution in [1.29, 1.82) is 0 Å². The van der Waals surface area contributed by atoms with Crippen LogP contribution in [-0.2, 0) is 6.54 Å². The van der Waals surface area contributed by atoms with Gasteiger partial charge in [-0.25, -0.2) is 4.98 Å². The average molecular weight is 307 g/mol. The number of nitrogens with one attached hydrogen (secondary N) is 1. The molecule has 0 saturated carbocycles. The summed E-state index contributed by atoms with van der Waals surface area (Å²) in [5, 5.41) is 13.5. The van der Waals surface area contributed by atoms with E-state index in [1.807, 2.05) is 42.0 Å². The molecule has 3 rings (SSSR count). The summed E-state index contributed by atoms with van der Waals surface area (Å²) in [4.78, 5) is 4.05. The van der Waals surface area contributed by atoms with Crippen molar-refractivity contribution in [3.05, 3.63) is 83.9 Å². The smallest absolute Gasteiger partial charge is 0.0991 e. The highest BCUT2D eigenvalue weighted by molar-refractivity contribution is 5.34. The maximum atomic E-state index is 10.2. The summed E-state index contributed by atoms with van der Waals surface area (Å²) in [5.41, 5.74) is 4.39. The van der Waals surface area contributed by atoms with E-state index in [9.17, 15) is 5.11 Å². The van der Waals surface area contributed by atoms with Gasteiger partial charge in [0.25, 0.3) is 0 Å². The molecular formula is C19H21N3O. The second kappa shape index (κ2) is 7.22. The minimum Gasteiger partial charge on any atom is -0.387 e. The van der Waals surface area contributed by atoms with Crippen LogP contribution in [0.3, 0.4) is 0 Å². The lowest BCUT2D eigenvalue weighted by Gasteiger charge is -2.13. The van der Waals surface area contributed by atoms with Gasteiger partial charge in [0.2, 0.25) is 0 Å². The predicted octanol–water partition coefficient (Wildman–Crippen LogP) is 3.00. The summed E-state index contributed by atoms with van der Waals surface area (Å²) in [5.74, 6) is 0. The van der Waals surface area contributed by atoms with Gasteiger partial charge in [-0.1, -0.05) is 42.0 Å². The number of hydrogen-bond donors (Lipinski definition) is 2. The first-order chi connectivity index (χ1) is 11.2. The Bertz CT molecular complexity index is 736. The number of hydrogen-bond acceptors (Lipinski definition) is 3. The van der Waals surface area contributed by atoms with Crippen LogP contribution in [-0.4, -0.2) is 21.2 Å². The van der Waals surface area contributed by atoms with Gasteiger partial charge in [-0.3, -0.25) is 0 Å². The lowest BCUT2D eigenvalue weighted by atomic mass is 10.1. The Kier molecular flexibility index (Phi) is 4.86. The SMILES string of the molecule is Cc1cccc(C(O)CNCc2ccc(-n3ccnc3)cc2)c1. The molecule has 0 fully saturated rings. The number of nitrogens with zero attached hydrogens (tertiary/aromatic N) is 2. The minimum absolute atomic E-state index is 0.486. The zero-order valence-electron chi connectivity index (χ0n) is 13.2. The van der Waals surface area contributed by atoms with E-state index in [-0.39, 0.29) is 0 Å². The molecule has 0 spiro atoms. The van der Waals surface area contributed by atoms with E-state index in [4.69, 9.17) is 0 Å². The van der Waals surface area contributed by atoms with Crippen molar-refractivity contribution in [3.63, 3.8) is 0 Å². The molecule has 0 radical (unpaired) electrons. The van der Waals surface area contributed by atoms with Crippen molar-refractivity contribution in [2.24, 2.45) is 0 Å². The molecule has 4 nitrogen and oxygen atoms in total. The molecular weight excluding hydrogens is 286 g/mol. The number of aliphatic hydroxyl groups excluding tert-OH is 1. The fourth-order valence-electron chi connectivity index (χ4n) is 2.55. The number of aliphatic hydroxyl groups is 1. The zero-order chi connectivity index (χ0) is 16.1. The highest BCUT2D eigenvalue weighted by atomic mass is 16.3. The topological polar surface area (TPSA) is 50.1 Å². The van der Waals surface area contributed by atoms with Gasteiger partial charge >= 0.3 is 0 Å². The molecule has 2 N–H and O–H groups in total. The van der Waals surface area contributed by atoms with E-state index < -0.39 is 6.10 Å². The van der Waals surface area contributed by atoms with E-state index in [0.717, 1.165) is 23.4 Å². The molecule has 2 aromatic carbocycles. The molecule has 1 unspecified atom stereocenters. The summed E-state index contributed by atoms with van der Waals surface area (Å²) in [6.07, 6.45) is 4.99. The van der Waals surface area contributed by atoms with Crippen molar-refractivity contribution < 1.29 is 5.11 Å². The Morgan fingerprint density at radius 1 is 1.17 bits per heavy atom. The number of aromatic nitrogens is 2. The van der Waals surface area contributed by atoms with Gasteiger partial charge in [-0.15, -0.1) is 0 Å². The summed E-state index contributed by atoms with van der Waals surface area (Å²) < 4.78 is 1.97. The van der Waals surface area contributed by atoms with Gasteiger partial charge in [0.1, 0.15) is 0 Å². The second-order valence-corrected chi connectivity index (χ2v) is 5.70. The zero-order valence-corrected chi connectivity index (χ0v) is 13.2. The first-order valence-electron chi connectivity index (χ1n) is 7.75. The molecule has 0 aliphatic heterocycles. The van der Waals surface area contributed by atoms with E-state index in [0.29, 0.717) is 6.54 Å². The molecule has 23 heavy (non-hydrogen) atoms. The van der Waals surface area contributed by atoms with Crippen LogP contribution in [0.15, 0.2) is 67.3 Å². The molecule has 1 aromatic heterocycles. The van der Waals surface area contributed by atoms with Crippen molar-refractivity contribution >= 4 is 0 Å². The Balaban J connectivity index is 1.52. The Labute approximate surface area is 136 Å². The molecule has 0 bridgehead atoms. The lowest BCUT2D eigenvalue weighted by molar-refractivity contribution is 0.174. The summed E-state index contributed by atoms with van der Waals surface area (Å²) >= 11 is 0. The fraction of sp³-hybridized carbons (Fsp3) is 0.211. The van der Waals surface area contributed by atoms with Crippen LogP contribution in [0, 0.1) is 6.92 Å². The van der Waals surface area contributed by atoms with Crippen LogP contribution < -0.4 is 5.32 Å². The summed E-state index contributed by atoms with van der Waals surface area (Å²) in [7, 11) is 0. The van der Waals surface area contributed by atoms with Crippen LogP contribution in [0.25, 0.3) is 5.69 Å². The maximum Gasteiger partial charge on any atom is 0.0991 e. The summed E-state index contributed by atoms with van der Waals surface area (Å²) in [6.45, 7) is 3.30. The van der Waals surface area contributed by atoms with Crippen molar-refractivity contribution in [1.82, 2.24) is 14.9 Å². The fourth-order valence-corrected chi connectivity index (χ4v) is 2.55. The lowest BCUT2D eigenvalue weighted by Crippen LogP contribution is -2.21. The molecule has 0 saturated heterocycles. The number of aryl methyl sites for hydroxylation is 1. The predicted molar refractivity (Wildman–Crippen MR) is 91.4 cm³/mol. The monoisotopic (exact) mass is 307 g/mol. The van der Waals surface area contributed by atoms with Gasteiger partial charge < -0.3 is 15.0 Å². The highest BCUT2D eigenvalue weighted by Gasteiger charge is 2.06. The molecule has 0 aliphatic carbocycles. The van der Waals surface area contributed by atoms with Crippen LogP contribution >= 0.6 is 0 Å². The normalized spacial score (nSPS) is 12.3. The quantitative estimate of drug-likeness (QED) is 0.736. The van der Waals surface area contributed by atoms with Crippen molar-refractivity contribution in [2.45, 2.75) is 19.6 Å². The molecule has 3 aromatic rings. The molecule has 0 amide bonds. The van der Waals surface area contributed by atoms with Gasteiger partial charge in [0.15, 0.2) is 0 Å². The molecule has 1 heterocycles. The third-order valence-electron chi connectivity index (χ3n) is 3.83. The number of rotatable bonds is 6. The maximum absolute atomic E-state index is 10.2. The van der Waals surface area contributed by atoms with Gasteiger partial charge in [0.05, 0.1) is 12.4 Å². The Morgan fingerprint density at radius 3 is 2.70 bits per heavy atom. The molecule has 1 atom stereocenters. The van der Waals surface area contributed by atoms with Gasteiger partial charge in [-0.2, -0.15) is 0 Å². The van der Waals surface area contributed by atoms with Crippen LogP contribution in [0.4, 0.5) is 0 Å². The molecule has 118 valence electrons. The third-order valence-corrected chi connectivity index (χ3v) is 3.83. The second-order valence-electron chi connectivity index (χ2n) is 5.70. The van der Waals surface area contributed by atoms with E-state index >= 15 is 0 Å². The van der Waals surface area contributed by atoms with Crippen molar-refractivity contribution in [3.8, 4) is 5.69 Å². The molecule has 4 heteroatoms. The van der Waals surface area contributed by atoms with Crippen LogP contribution in [0.5, 0.6) is 0 Å². The van der Waals surface area contributed by atoms with Gasteiger partial charge in [0, 0.05) is 31.2 Å². The Morgan fingerprint density at radius 2 is 2.00 bits per heavy atom. The summed E-state index contributed by atoms with van der Waals surface area (Å²) in [6, 6.07) is 16.3.